The number of aliphatic hydroxyl groups excluding tert-OH is 1. The summed E-state index contributed by atoms with van der Waals surface area (Å²) >= 11 is 1.40. The van der Waals surface area contributed by atoms with Crippen molar-refractivity contribution in [3.8, 4) is 0 Å². The van der Waals surface area contributed by atoms with E-state index in [0.29, 0.717) is 5.75 Å². The topological polar surface area (TPSA) is 278 Å². The van der Waals surface area contributed by atoms with Gasteiger partial charge in [0.05, 0.1) is 13.0 Å². The van der Waals surface area contributed by atoms with Crippen LogP contribution in [0.5, 0.6) is 0 Å². The monoisotopic (exact) mass is 506 g/mol. The average Bonchev–Trinajstić information content (AvgIpc) is 2.76. The lowest BCUT2D eigenvalue weighted by Gasteiger charge is -2.24. The van der Waals surface area contributed by atoms with Gasteiger partial charge in [-0.2, -0.15) is 11.8 Å². The first-order valence-electron chi connectivity index (χ1n) is 10.3. The molecule has 4 amide bonds. The number of carbonyl (C=O) groups is 5. The Morgan fingerprint density at radius 3 is 1.97 bits per heavy atom. The predicted molar refractivity (Wildman–Crippen MR) is 125 cm³/mol. The zero-order valence-electron chi connectivity index (χ0n) is 18.9. The van der Waals surface area contributed by atoms with Crippen molar-refractivity contribution in [1.29, 1.82) is 0 Å². The summed E-state index contributed by atoms with van der Waals surface area (Å²) in [4.78, 5) is 64.2. The molecule has 0 rings (SSSR count). The van der Waals surface area contributed by atoms with Gasteiger partial charge in [0.1, 0.15) is 24.2 Å². The Hall–Kier alpha value is -3.11. The molecule has 0 aliphatic heterocycles. The maximum atomic E-state index is 12.8. The van der Waals surface area contributed by atoms with E-state index in [1.54, 1.807) is 6.26 Å². The maximum absolute atomic E-state index is 12.8. The summed E-state index contributed by atoms with van der Waals surface area (Å²) < 4.78 is 0. The molecule has 4 unspecified atom stereocenters. The standard InChI is InChI=1S/C18H34N8O7S/c1-34-6-4-11(17(32)33)25-15(30)10(3-2-5-23-18(21)22)24-16(31)12(7-13(20)28)26-14(29)9(19)8-27/h9-12,27H,2-8,19H2,1H3,(H2,20,28)(H,24,31)(H,25,30)(H,26,29)(H,32,33)(H4,21,22,23). The smallest absolute Gasteiger partial charge is 0.326 e. The van der Waals surface area contributed by atoms with E-state index in [1.165, 1.54) is 11.8 Å². The van der Waals surface area contributed by atoms with Gasteiger partial charge in [-0.25, -0.2) is 4.79 Å². The molecule has 0 aromatic rings. The number of hydrogen-bond acceptors (Lipinski definition) is 9. The fraction of sp³-hybridized carbons (Fsp3) is 0.667. The Bertz CT molecular complexity index is 748. The summed E-state index contributed by atoms with van der Waals surface area (Å²) in [6.45, 7) is -0.581. The number of hydrogen-bond donors (Lipinski definition) is 9. The second kappa shape index (κ2) is 16.5. The van der Waals surface area contributed by atoms with Crippen LogP contribution in [-0.2, 0) is 24.0 Å². The molecule has 0 bridgehead atoms. The highest BCUT2D eigenvalue weighted by Gasteiger charge is 2.30. The minimum atomic E-state index is -1.48. The Morgan fingerprint density at radius 2 is 1.47 bits per heavy atom. The van der Waals surface area contributed by atoms with Crippen LogP contribution in [0.15, 0.2) is 4.99 Å². The van der Waals surface area contributed by atoms with Crippen LogP contribution in [-0.4, -0.2) is 95.1 Å². The van der Waals surface area contributed by atoms with E-state index in [-0.39, 0.29) is 31.8 Å². The van der Waals surface area contributed by atoms with Crippen LogP contribution in [0.3, 0.4) is 0 Å². The highest BCUT2D eigenvalue weighted by Crippen LogP contribution is 2.05. The lowest BCUT2D eigenvalue weighted by molar-refractivity contribution is -0.142. The molecule has 34 heavy (non-hydrogen) atoms. The average molecular weight is 507 g/mol. The van der Waals surface area contributed by atoms with Crippen molar-refractivity contribution in [2.24, 2.45) is 27.9 Å². The summed E-state index contributed by atoms with van der Waals surface area (Å²) in [6.07, 6.45) is 1.57. The second-order valence-electron chi connectivity index (χ2n) is 7.21. The molecule has 13 N–H and O–H groups in total. The minimum absolute atomic E-state index is 0.0105. The molecule has 0 aromatic carbocycles. The number of thioether (sulfide) groups is 1. The van der Waals surface area contributed by atoms with Crippen LogP contribution in [0.1, 0.15) is 25.7 Å². The number of primary amides is 1. The molecule has 0 saturated heterocycles. The molecule has 0 aromatic heterocycles. The number of nitrogens with one attached hydrogen (secondary N) is 3. The number of aliphatic hydroxyl groups is 1. The second-order valence-corrected chi connectivity index (χ2v) is 8.20. The first-order valence-corrected chi connectivity index (χ1v) is 11.6. The fourth-order valence-corrected chi connectivity index (χ4v) is 3.05. The molecular weight excluding hydrogens is 472 g/mol. The molecule has 4 atom stereocenters. The maximum Gasteiger partial charge on any atom is 0.326 e. The normalized spacial score (nSPS) is 14.1. The van der Waals surface area contributed by atoms with Gasteiger partial charge >= 0.3 is 5.97 Å². The lowest BCUT2D eigenvalue weighted by Crippen LogP contribution is -2.58. The largest absolute Gasteiger partial charge is 0.480 e. The van der Waals surface area contributed by atoms with E-state index in [0.717, 1.165) is 0 Å². The molecule has 0 aliphatic rings. The summed E-state index contributed by atoms with van der Waals surface area (Å²) in [6, 6.07) is -5.27. The number of aliphatic imine (C=N–C) groups is 1. The first-order chi connectivity index (χ1) is 15.9. The van der Waals surface area contributed by atoms with Gasteiger partial charge < -0.3 is 49.1 Å². The molecule has 15 nitrogen and oxygen atoms in total. The summed E-state index contributed by atoms with van der Waals surface area (Å²) in [7, 11) is 0. The van der Waals surface area contributed by atoms with E-state index in [2.05, 4.69) is 20.9 Å². The van der Waals surface area contributed by atoms with E-state index in [4.69, 9.17) is 28.0 Å². The number of carboxylic acid groups (broad SMARTS) is 1. The van der Waals surface area contributed by atoms with Crippen LogP contribution in [0.2, 0.25) is 0 Å². The van der Waals surface area contributed by atoms with E-state index >= 15 is 0 Å². The van der Waals surface area contributed by atoms with Crippen LogP contribution in [0, 0.1) is 0 Å². The van der Waals surface area contributed by atoms with Crippen molar-refractivity contribution in [3.63, 3.8) is 0 Å². The number of carbonyl (C=O) groups excluding carboxylic acids is 4. The van der Waals surface area contributed by atoms with Crippen molar-refractivity contribution in [3.05, 3.63) is 0 Å². The van der Waals surface area contributed by atoms with Gasteiger partial charge in [-0.15, -0.1) is 0 Å². The molecular formula is C18H34N8O7S. The molecule has 194 valence electrons. The third-order valence-corrected chi connectivity index (χ3v) is 5.02. The Kier molecular flexibility index (Phi) is 15.0. The van der Waals surface area contributed by atoms with E-state index in [1.807, 2.05) is 0 Å². The van der Waals surface area contributed by atoms with Gasteiger partial charge in [-0.05, 0) is 31.3 Å². The van der Waals surface area contributed by atoms with E-state index < -0.39 is 66.8 Å². The SMILES string of the molecule is CSCCC(NC(=O)C(CCCN=C(N)N)NC(=O)C(CC(N)=O)NC(=O)C(N)CO)C(=O)O. The van der Waals surface area contributed by atoms with Crippen LogP contribution >= 0.6 is 11.8 Å². The van der Waals surface area contributed by atoms with Gasteiger partial charge in [-0.1, -0.05) is 0 Å². The Labute approximate surface area is 200 Å². The number of aliphatic carboxylic acids is 1. The number of nitrogens with two attached hydrogens (primary N) is 4. The molecule has 0 heterocycles. The van der Waals surface area contributed by atoms with Crippen molar-refractivity contribution < 1.29 is 34.2 Å². The van der Waals surface area contributed by atoms with E-state index in [9.17, 15) is 29.1 Å². The lowest BCUT2D eigenvalue weighted by atomic mass is 10.1. The Morgan fingerprint density at radius 1 is 0.912 bits per heavy atom. The number of rotatable bonds is 17. The van der Waals surface area contributed by atoms with Gasteiger partial charge in [0.15, 0.2) is 5.96 Å². The van der Waals surface area contributed by atoms with Crippen molar-refractivity contribution in [2.45, 2.75) is 49.9 Å². The van der Waals surface area contributed by atoms with Gasteiger partial charge in [0, 0.05) is 6.54 Å². The van der Waals surface area contributed by atoms with Crippen LogP contribution < -0.4 is 38.9 Å². The zero-order chi connectivity index (χ0) is 26.3. The molecule has 16 heteroatoms. The number of nitrogens with zero attached hydrogens (tertiary/aromatic N) is 1. The van der Waals surface area contributed by atoms with Gasteiger partial charge in [0.2, 0.25) is 23.6 Å². The number of amides is 4. The third kappa shape index (κ3) is 12.8. The quantitative estimate of drug-likeness (QED) is 0.0515. The zero-order valence-corrected chi connectivity index (χ0v) is 19.7. The predicted octanol–water partition coefficient (Wildman–Crippen LogP) is -4.47. The summed E-state index contributed by atoms with van der Waals surface area (Å²) in [5.41, 5.74) is 21.1. The van der Waals surface area contributed by atoms with Crippen molar-refractivity contribution in [2.75, 3.05) is 25.2 Å². The van der Waals surface area contributed by atoms with Crippen LogP contribution in [0.25, 0.3) is 0 Å². The highest BCUT2D eigenvalue weighted by atomic mass is 32.2. The minimum Gasteiger partial charge on any atom is -0.480 e. The van der Waals surface area contributed by atoms with Crippen molar-refractivity contribution >= 4 is 47.3 Å². The number of carboxylic acids is 1. The van der Waals surface area contributed by atoms with Crippen LogP contribution in [0.4, 0.5) is 0 Å². The Balaban J connectivity index is 5.57. The fourth-order valence-electron chi connectivity index (χ4n) is 2.58. The van der Waals surface area contributed by atoms with Gasteiger partial charge in [-0.3, -0.25) is 24.2 Å². The summed E-state index contributed by atoms with van der Waals surface area (Å²) in [5.74, 6) is -4.51. The highest BCUT2D eigenvalue weighted by molar-refractivity contribution is 7.98. The third-order valence-electron chi connectivity index (χ3n) is 4.38. The molecule has 0 fully saturated rings. The van der Waals surface area contributed by atoms with Crippen molar-refractivity contribution in [1.82, 2.24) is 16.0 Å². The molecule has 0 radical (unpaired) electrons. The molecule has 0 spiro atoms. The molecule has 0 saturated carbocycles. The first kappa shape index (κ1) is 30.9. The van der Waals surface area contributed by atoms with Gasteiger partial charge in [0.25, 0.3) is 0 Å². The summed E-state index contributed by atoms with van der Waals surface area (Å²) in [5, 5.41) is 25.3. The molecule has 0 aliphatic carbocycles. The number of guanidine groups is 1.